The summed E-state index contributed by atoms with van der Waals surface area (Å²) in [5.41, 5.74) is 0.577. The molecule has 0 atom stereocenters. The van der Waals surface area contributed by atoms with Crippen LogP contribution in [0.1, 0.15) is 21.1 Å². The van der Waals surface area contributed by atoms with E-state index in [4.69, 9.17) is 27.9 Å². The van der Waals surface area contributed by atoms with Crippen LogP contribution < -0.4 is 5.56 Å². The van der Waals surface area contributed by atoms with Crippen LogP contribution in [0.4, 0.5) is 0 Å². The molecule has 0 spiro atoms. The third-order valence-electron chi connectivity index (χ3n) is 2.84. The van der Waals surface area contributed by atoms with Crippen molar-refractivity contribution >= 4 is 45.5 Å². The molecule has 6 nitrogen and oxygen atoms in total. The zero-order chi connectivity index (χ0) is 16.6. The van der Waals surface area contributed by atoms with Gasteiger partial charge in [0.2, 0.25) is 4.96 Å². The number of carbonyl (C=O) groups excluding carboxylic acids is 1. The van der Waals surface area contributed by atoms with E-state index in [1.165, 1.54) is 40.1 Å². The summed E-state index contributed by atoms with van der Waals surface area (Å²) in [6, 6.07) is 5.83. The van der Waals surface area contributed by atoms with Gasteiger partial charge in [0.1, 0.15) is 6.61 Å². The van der Waals surface area contributed by atoms with Crippen molar-refractivity contribution in [2.45, 2.75) is 13.5 Å². The van der Waals surface area contributed by atoms with Gasteiger partial charge in [0.05, 0.1) is 5.56 Å². The van der Waals surface area contributed by atoms with Crippen LogP contribution in [-0.4, -0.2) is 20.6 Å². The van der Waals surface area contributed by atoms with Crippen LogP contribution in [0, 0.1) is 6.92 Å². The first-order valence-corrected chi connectivity index (χ1v) is 7.99. The molecule has 0 aliphatic carbocycles. The summed E-state index contributed by atoms with van der Waals surface area (Å²) in [4.78, 5) is 28.4. The summed E-state index contributed by atoms with van der Waals surface area (Å²) < 4.78 is 6.35. The van der Waals surface area contributed by atoms with E-state index < -0.39 is 5.97 Å². The molecule has 2 aromatic heterocycles. The number of benzene rings is 1. The Morgan fingerprint density at radius 2 is 1.96 bits per heavy atom. The number of aromatic nitrogens is 3. The van der Waals surface area contributed by atoms with Gasteiger partial charge in [-0.2, -0.15) is 9.61 Å². The van der Waals surface area contributed by atoms with Crippen LogP contribution in [0.15, 0.2) is 29.1 Å². The van der Waals surface area contributed by atoms with Gasteiger partial charge in [-0.25, -0.2) is 9.78 Å². The fourth-order valence-corrected chi connectivity index (χ4v) is 3.28. The van der Waals surface area contributed by atoms with Gasteiger partial charge in [0.15, 0.2) is 5.01 Å². The number of hydrogen-bond donors (Lipinski definition) is 0. The maximum atomic E-state index is 12.0. The van der Waals surface area contributed by atoms with E-state index in [2.05, 4.69) is 10.1 Å². The maximum Gasteiger partial charge on any atom is 0.338 e. The van der Waals surface area contributed by atoms with Gasteiger partial charge in [-0.15, -0.1) is 0 Å². The summed E-state index contributed by atoms with van der Waals surface area (Å²) in [7, 11) is 0. The minimum absolute atomic E-state index is 0.0739. The van der Waals surface area contributed by atoms with Crippen LogP contribution >= 0.6 is 34.5 Å². The maximum absolute atomic E-state index is 12.0. The number of carbonyl (C=O) groups is 1. The summed E-state index contributed by atoms with van der Waals surface area (Å²) in [5, 5.41) is 5.23. The molecule has 0 fully saturated rings. The van der Waals surface area contributed by atoms with Crippen molar-refractivity contribution in [2.75, 3.05) is 0 Å². The fourth-order valence-electron chi connectivity index (χ4n) is 1.90. The van der Waals surface area contributed by atoms with Gasteiger partial charge < -0.3 is 4.74 Å². The van der Waals surface area contributed by atoms with Crippen molar-refractivity contribution in [3.05, 3.63) is 60.9 Å². The number of halogens is 2. The molecule has 23 heavy (non-hydrogen) atoms. The van der Waals surface area contributed by atoms with Crippen LogP contribution in [0.2, 0.25) is 10.0 Å². The normalized spacial score (nSPS) is 10.9. The van der Waals surface area contributed by atoms with Crippen molar-refractivity contribution < 1.29 is 9.53 Å². The smallest absolute Gasteiger partial charge is 0.338 e. The second-order valence-corrected chi connectivity index (χ2v) is 6.57. The lowest BCUT2D eigenvalue weighted by Gasteiger charge is -2.03. The molecule has 2 heterocycles. The number of esters is 1. The quantitative estimate of drug-likeness (QED) is 0.663. The lowest BCUT2D eigenvalue weighted by Crippen LogP contribution is -2.14. The zero-order valence-electron chi connectivity index (χ0n) is 11.7. The molecule has 0 aliphatic rings. The van der Waals surface area contributed by atoms with Crippen LogP contribution in [0.3, 0.4) is 0 Å². The highest BCUT2D eigenvalue weighted by atomic mass is 35.5. The third-order valence-corrected chi connectivity index (χ3v) is 4.16. The van der Waals surface area contributed by atoms with Gasteiger partial charge in [-0.1, -0.05) is 34.5 Å². The van der Waals surface area contributed by atoms with Gasteiger partial charge in [0.25, 0.3) is 5.56 Å². The molecule has 0 bridgehead atoms. The number of nitrogens with zero attached hydrogens (tertiary/aromatic N) is 3. The Hall–Kier alpha value is -1.96. The minimum atomic E-state index is -0.579. The van der Waals surface area contributed by atoms with Crippen molar-refractivity contribution in [2.24, 2.45) is 0 Å². The summed E-state index contributed by atoms with van der Waals surface area (Å²) in [5.74, 6) is -0.579. The third kappa shape index (κ3) is 3.52. The van der Waals surface area contributed by atoms with Crippen molar-refractivity contribution in [3.8, 4) is 0 Å². The number of hydrogen-bond acceptors (Lipinski definition) is 6. The second-order valence-electron chi connectivity index (χ2n) is 4.66. The Labute approximate surface area is 144 Å². The highest BCUT2D eigenvalue weighted by Gasteiger charge is 2.13. The molecule has 118 valence electrons. The topological polar surface area (TPSA) is 73.6 Å². The highest BCUT2D eigenvalue weighted by molar-refractivity contribution is 7.16. The van der Waals surface area contributed by atoms with Crippen molar-refractivity contribution in [1.82, 2.24) is 14.6 Å². The Morgan fingerprint density at radius 3 is 2.65 bits per heavy atom. The summed E-state index contributed by atoms with van der Waals surface area (Å²) >= 11 is 12.9. The van der Waals surface area contributed by atoms with E-state index in [0.717, 1.165) is 0 Å². The fraction of sp³-hybridized carbons (Fsp3) is 0.143. The van der Waals surface area contributed by atoms with E-state index in [-0.39, 0.29) is 17.7 Å². The van der Waals surface area contributed by atoms with E-state index >= 15 is 0 Å². The molecule has 0 saturated heterocycles. The predicted molar refractivity (Wildman–Crippen MR) is 87.5 cm³/mol. The van der Waals surface area contributed by atoms with Crippen molar-refractivity contribution in [3.63, 3.8) is 0 Å². The van der Waals surface area contributed by atoms with E-state index in [0.29, 0.717) is 25.7 Å². The number of ether oxygens (including phenoxy) is 1. The van der Waals surface area contributed by atoms with E-state index in [1.807, 2.05) is 0 Å². The first kappa shape index (κ1) is 15.9. The zero-order valence-corrected chi connectivity index (χ0v) is 14.1. The second kappa shape index (κ2) is 6.27. The Kier molecular flexibility index (Phi) is 4.34. The predicted octanol–water partition coefficient (Wildman–Crippen LogP) is 3.12. The number of rotatable bonds is 3. The average molecular weight is 370 g/mol. The Morgan fingerprint density at radius 1 is 1.26 bits per heavy atom. The first-order chi connectivity index (χ1) is 10.9. The molecule has 0 saturated carbocycles. The monoisotopic (exact) mass is 369 g/mol. The number of aryl methyl sites for hydroxylation is 1. The molecule has 0 radical (unpaired) electrons. The van der Waals surface area contributed by atoms with Gasteiger partial charge >= 0.3 is 5.97 Å². The number of fused-ring (bicyclic) bond motifs is 1. The summed E-state index contributed by atoms with van der Waals surface area (Å²) in [6.45, 7) is 1.65. The largest absolute Gasteiger partial charge is 0.455 e. The van der Waals surface area contributed by atoms with Gasteiger partial charge in [-0.3, -0.25) is 4.79 Å². The first-order valence-electron chi connectivity index (χ1n) is 6.42. The lowest BCUT2D eigenvalue weighted by atomic mass is 10.2. The standard InChI is InChI=1S/C14H9Cl2N3O3S/c1-7-2-12(20)19-14(17-7)23-11(18-19)6-22-13(21)8-3-9(15)5-10(16)4-8/h2-5H,6H2,1H3. The van der Waals surface area contributed by atoms with Crippen LogP contribution in [0.5, 0.6) is 0 Å². The molecular formula is C14H9Cl2N3O3S. The van der Waals surface area contributed by atoms with Crippen LogP contribution in [-0.2, 0) is 11.3 Å². The molecule has 9 heteroatoms. The molecule has 3 aromatic rings. The lowest BCUT2D eigenvalue weighted by molar-refractivity contribution is 0.0471. The van der Waals surface area contributed by atoms with Crippen molar-refractivity contribution in [1.29, 1.82) is 0 Å². The molecule has 0 unspecified atom stereocenters. The SMILES string of the molecule is Cc1cc(=O)n2nc(COC(=O)c3cc(Cl)cc(Cl)c3)sc2n1. The molecule has 0 amide bonds. The van der Waals surface area contributed by atoms with E-state index in [1.54, 1.807) is 6.92 Å². The summed E-state index contributed by atoms with van der Waals surface area (Å²) in [6.07, 6.45) is 0. The molecule has 1 aromatic carbocycles. The van der Waals surface area contributed by atoms with Gasteiger partial charge in [0, 0.05) is 21.8 Å². The van der Waals surface area contributed by atoms with Gasteiger partial charge in [-0.05, 0) is 25.1 Å². The van der Waals surface area contributed by atoms with E-state index in [9.17, 15) is 9.59 Å². The molecule has 0 N–H and O–H groups in total. The molecule has 0 aliphatic heterocycles. The van der Waals surface area contributed by atoms with Crippen LogP contribution in [0.25, 0.3) is 4.96 Å². The minimum Gasteiger partial charge on any atom is -0.455 e. The highest BCUT2D eigenvalue weighted by Crippen LogP contribution is 2.20. The molecule has 3 rings (SSSR count). The Balaban J connectivity index is 1.79. The molecular weight excluding hydrogens is 361 g/mol. The Bertz CT molecular complexity index is 947. The average Bonchev–Trinajstić information content (AvgIpc) is 2.87.